The number of rotatable bonds is 4. The van der Waals surface area contributed by atoms with Gasteiger partial charge in [0.2, 0.25) is 0 Å². The molecule has 0 aliphatic heterocycles. The van der Waals surface area contributed by atoms with Crippen LogP contribution in [0.2, 0.25) is 5.02 Å². The zero-order chi connectivity index (χ0) is 13.1. The molecule has 0 saturated carbocycles. The van der Waals surface area contributed by atoms with Crippen LogP contribution in [-0.4, -0.2) is 16.2 Å². The molecule has 5 nitrogen and oxygen atoms in total. The molecule has 2 rings (SSSR count). The highest BCUT2D eigenvalue weighted by Crippen LogP contribution is 2.24. The molecule has 0 aliphatic carbocycles. The SMILES string of the molecule is Cc1cc(CNc2cccc(Cl)c2C(=O)O)on1. The Bertz CT molecular complexity index is 580. The minimum absolute atomic E-state index is 0.0513. The first kappa shape index (κ1) is 12.4. The van der Waals surface area contributed by atoms with Crippen LogP contribution >= 0.6 is 11.6 Å². The van der Waals surface area contributed by atoms with Crippen LogP contribution in [-0.2, 0) is 6.54 Å². The molecule has 1 aromatic carbocycles. The summed E-state index contributed by atoms with van der Waals surface area (Å²) in [7, 11) is 0. The summed E-state index contributed by atoms with van der Waals surface area (Å²) in [5, 5.41) is 16.0. The summed E-state index contributed by atoms with van der Waals surface area (Å²) < 4.78 is 5.02. The Morgan fingerprint density at radius 3 is 2.94 bits per heavy atom. The van der Waals surface area contributed by atoms with Gasteiger partial charge in [-0.05, 0) is 19.1 Å². The third-order valence-corrected chi connectivity index (χ3v) is 2.67. The van der Waals surface area contributed by atoms with Gasteiger partial charge >= 0.3 is 5.97 Å². The van der Waals surface area contributed by atoms with E-state index in [4.69, 9.17) is 21.2 Å². The fourth-order valence-corrected chi connectivity index (χ4v) is 1.83. The van der Waals surface area contributed by atoms with E-state index in [1.165, 1.54) is 6.07 Å². The van der Waals surface area contributed by atoms with Gasteiger partial charge in [0.1, 0.15) is 5.56 Å². The van der Waals surface area contributed by atoms with Crippen molar-refractivity contribution in [2.45, 2.75) is 13.5 Å². The lowest BCUT2D eigenvalue weighted by Crippen LogP contribution is -2.06. The Morgan fingerprint density at radius 1 is 1.56 bits per heavy atom. The number of nitrogens with zero attached hydrogens (tertiary/aromatic N) is 1. The van der Waals surface area contributed by atoms with Crippen LogP contribution in [0, 0.1) is 6.92 Å². The van der Waals surface area contributed by atoms with Gasteiger partial charge in [-0.15, -0.1) is 0 Å². The van der Waals surface area contributed by atoms with E-state index < -0.39 is 5.97 Å². The van der Waals surface area contributed by atoms with Crippen molar-refractivity contribution in [2.24, 2.45) is 0 Å². The van der Waals surface area contributed by atoms with Crippen LogP contribution in [0.3, 0.4) is 0 Å². The summed E-state index contributed by atoms with van der Waals surface area (Å²) in [6.45, 7) is 2.16. The average Bonchev–Trinajstić information content (AvgIpc) is 2.72. The van der Waals surface area contributed by atoms with Crippen molar-refractivity contribution in [1.29, 1.82) is 0 Å². The number of aryl methyl sites for hydroxylation is 1. The van der Waals surface area contributed by atoms with Crippen LogP contribution in [0.5, 0.6) is 0 Å². The molecule has 2 aromatic rings. The zero-order valence-corrected chi connectivity index (χ0v) is 10.4. The maximum absolute atomic E-state index is 11.1. The van der Waals surface area contributed by atoms with Crippen molar-refractivity contribution in [2.75, 3.05) is 5.32 Å². The molecule has 0 radical (unpaired) electrons. The van der Waals surface area contributed by atoms with Gasteiger partial charge in [-0.25, -0.2) is 4.79 Å². The maximum Gasteiger partial charge on any atom is 0.339 e. The number of carboxylic acids is 1. The third-order valence-electron chi connectivity index (χ3n) is 2.36. The van der Waals surface area contributed by atoms with E-state index in [0.29, 0.717) is 18.0 Å². The summed E-state index contributed by atoms with van der Waals surface area (Å²) in [6, 6.07) is 6.65. The molecule has 6 heteroatoms. The molecule has 1 aromatic heterocycles. The summed E-state index contributed by atoms with van der Waals surface area (Å²) in [5.74, 6) is -0.444. The molecule has 0 aliphatic rings. The molecular weight excluding hydrogens is 256 g/mol. The molecule has 1 heterocycles. The first-order valence-electron chi connectivity index (χ1n) is 5.26. The van der Waals surface area contributed by atoms with Crippen LogP contribution in [0.4, 0.5) is 5.69 Å². The Labute approximate surface area is 108 Å². The Morgan fingerprint density at radius 2 is 2.33 bits per heavy atom. The average molecular weight is 267 g/mol. The molecule has 0 fully saturated rings. The van der Waals surface area contributed by atoms with Crippen molar-refractivity contribution in [3.05, 3.63) is 46.3 Å². The number of hydrogen-bond donors (Lipinski definition) is 2. The van der Waals surface area contributed by atoms with Gasteiger partial charge in [-0.3, -0.25) is 0 Å². The summed E-state index contributed by atoms with van der Waals surface area (Å²) >= 11 is 5.85. The number of aromatic carboxylic acids is 1. The topological polar surface area (TPSA) is 75.4 Å². The van der Waals surface area contributed by atoms with Gasteiger partial charge in [0.25, 0.3) is 0 Å². The van der Waals surface area contributed by atoms with E-state index in [9.17, 15) is 4.79 Å². The van der Waals surface area contributed by atoms with Crippen molar-refractivity contribution in [3.8, 4) is 0 Å². The Hall–Kier alpha value is -2.01. The van der Waals surface area contributed by atoms with Crippen LogP contribution in [0.25, 0.3) is 0 Å². The maximum atomic E-state index is 11.1. The minimum Gasteiger partial charge on any atom is -0.478 e. The molecule has 0 atom stereocenters. The van der Waals surface area contributed by atoms with E-state index in [1.54, 1.807) is 18.2 Å². The lowest BCUT2D eigenvalue weighted by Gasteiger charge is -2.08. The molecule has 2 N–H and O–H groups in total. The molecule has 0 spiro atoms. The monoisotopic (exact) mass is 266 g/mol. The molecule has 18 heavy (non-hydrogen) atoms. The molecule has 0 saturated heterocycles. The largest absolute Gasteiger partial charge is 0.478 e. The lowest BCUT2D eigenvalue weighted by molar-refractivity contribution is 0.0698. The van der Waals surface area contributed by atoms with Crippen molar-refractivity contribution in [3.63, 3.8) is 0 Å². The fraction of sp³-hybridized carbons (Fsp3) is 0.167. The molecule has 0 bridgehead atoms. The quantitative estimate of drug-likeness (QED) is 0.890. The van der Waals surface area contributed by atoms with Gasteiger partial charge in [0.05, 0.1) is 22.9 Å². The highest BCUT2D eigenvalue weighted by Gasteiger charge is 2.14. The normalized spacial score (nSPS) is 10.3. The number of aromatic nitrogens is 1. The predicted octanol–water partition coefficient (Wildman–Crippen LogP) is 2.95. The summed E-state index contributed by atoms with van der Waals surface area (Å²) in [5.41, 5.74) is 1.27. The van der Waals surface area contributed by atoms with E-state index in [1.807, 2.05) is 6.92 Å². The number of anilines is 1. The number of carboxylic acid groups (broad SMARTS) is 1. The fourth-order valence-electron chi connectivity index (χ4n) is 1.57. The summed E-state index contributed by atoms with van der Waals surface area (Å²) in [6.07, 6.45) is 0. The van der Waals surface area contributed by atoms with Crippen LogP contribution in [0.15, 0.2) is 28.8 Å². The van der Waals surface area contributed by atoms with Crippen LogP contribution < -0.4 is 5.32 Å². The Kier molecular flexibility index (Phi) is 3.53. The molecule has 0 unspecified atom stereocenters. The van der Waals surface area contributed by atoms with Crippen molar-refractivity contribution >= 4 is 23.3 Å². The lowest BCUT2D eigenvalue weighted by atomic mass is 10.1. The smallest absolute Gasteiger partial charge is 0.339 e. The van der Waals surface area contributed by atoms with Gasteiger partial charge in [-0.1, -0.05) is 22.8 Å². The third kappa shape index (κ3) is 2.62. The number of hydrogen-bond acceptors (Lipinski definition) is 4. The number of carbonyl (C=O) groups is 1. The standard InChI is InChI=1S/C12H11ClN2O3/c1-7-5-8(18-15-7)6-14-10-4-2-3-9(13)11(10)12(16)17/h2-5,14H,6H2,1H3,(H,16,17). The molecule has 94 valence electrons. The van der Waals surface area contributed by atoms with Gasteiger partial charge in [0, 0.05) is 6.07 Å². The minimum atomic E-state index is -1.07. The summed E-state index contributed by atoms with van der Waals surface area (Å²) in [4.78, 5) is 11.1. The number of benzene rings is 1. The van der Waals surface area contributed by atoms with E-state index in [0.717, 1.165) is 5.69 Å². The van der Waals surface area contributed by atoms with Gasteiger partial charge < -0.3 is 14.9 Å². The molecular formula is C12H11ClN2O3. The second-order valence-electron chi connectivity index (χ2n) is 3.76. The highest BCUT2D eigenvalue weighted by molar-refractivity contribution is 6.34. The predicted molar refractivity (Wildman–Crippen MR) is 67.0 cm³/mol. The van der Waals surface area contributed by atoms with Gasteiger partial charge in [-0.2, -0.15) is 0 Å². The number of halogens is 1. The second-order valence-corrected chi connectivity index (χ2v) is 4.16. The second kappa shape index (κ2) is 5.10. The van der Waals surface area contributed by atoms with E-state index >= 15 is 0 Å². The van der Waals surface area contributed by atoms with Crippen molar-refractivity contribution in [1.82, 2.24) is 5.16 Å². The van der Waals surface area contributed by atoms with E-state index in [2.05, 4.69) is 10.5 Å². The van der Waals surface area contributed by atoms with Gasteiger partial charge in [0.15, 0.2) is 5.76 Å². The Balaban J connectivity index is 2.19. The number of nitrogens with one attached hydrogen (secondary N) is 1. The van der Waals surface area contributed by atoms with Crippen LogP contribution in [0.1, 0.15) is 21.8 Å². The molecule has 0 amide bonds. The first-order valence-corrected chi connectivity index (χ1v) is 5.63. The zero-order valence-electron chi connectivity index (χ0n) is 9.61. The van der Waals surface area contributed by atoms with Crippen molar-refractivity contribution < 1.29 is 14.4 Å². The highest BCUT2D eigenvalue weighted by atomic mass is 35.5. The first-order chi connectivity index (χ1) is 8.58. The van der Waals surface area contributed by atoms with E-state index in [-0.39, 0.29) is 10.6 Å².